The Bertz CT molecular complexity index is 932. The van der Waals surface area contributed by atoms with Crippen LogP contribution >= 0.6 is 0 Å². The van der Waals surface area contributed by atoms with Crippen LogP contribution in [0.4, 0.5) is 18.9 Å². The summed E-state index contributed by atoms with van der Waals surface area (Å²) in [6.45, 7) is 0. The Kier molecular flexibility index (Phi) is 5.03. The Hall–Kier alpha value is -3.09. The van der Waals surface area contributed by atoms with Gasteiger partial charge in [-0.05, 0) is 60.4 Å². The molecule has 0 saturated carbocycles. The second kappa shape index (κ2) is 7.26. The predicted octanol–water partition coefficient (Wildman–Crippen LogP) is 4.41. The van der Waals surface area contributed by atoms with Gasteiger partial charge in [0.05, 0.1) is 7.11 Å². The predicted molar refractivity (Wildman–Crippen MR) is 94.7 cm³/mol. The van der Waals surface area contributed by atoms with Crippen molar-refractivity contribution in [1.29, 1.82) is 0 Å². The van der Waals surface area contributed by atoms with Crippen molar-refractivity contribution in [3.8, 4) is 5.75 Å². The van der Waals surface area contributed by atoms with Crippen LogP contribution in [0.3, 0.4) is 0 Å². The van der Waals surface area contributed by atoms with Gasteiger partial charge >= 0.3 is 12.1 Å². The molecular formula is C20H16F3NO3. The van der Waals surface area contributed by atoms with E-state index >= 15 is 0 Å². The van der Waals surface area contributed by atoms with Crippen molar-refractivity contribution in [3.05, 3.63) is 64.7 Å². The minimum absolute atomic E-state index is 0.0140. The zero-order valence-corrected chi connectivity index (χ0v) is 14.4. The second-order valence-corrected chi connectivity index (χ2v) is 6.10. The minimum Gasteiger partial charge on any atom is -0.497 e. The molecule has 0 spiro atoms. The number of hydrogen-bond acceptors (Lipinski definition) is 3. The third-order valence-electron chi connectivity index (χ3n) is 4.26. The number of alkyl halides is 3. The van der Waals surface area contributed by atoms with Gasteiger partial charge in [0.2, 0.25) is 0 Å². The number of hydrogen-bond donors (Lipinski definition) is 1. The van der Waals surface area contributed by atoms with E-state index in [4.69, 9.17) is 4.74 Å². The van der Waals surface area contributed by atoms with Gasteiger partial charge in [-0.3, -0.25) is 9.59 Å². The first kappa shape index (κ1) is 18.7. The number of methoxy groups -OCH3 is 1. The van der Waals surface area contributed by atoms with Crippen LogP contribution in [0.2, 0.25) is 0 Å². The van der Waals surface area contributed by atoms with E-state index in [1.165, 1.54) is 18.2 Å². The van der Waals surface area contributed by atoms with Gasteiger partial charge in [-0.15, -0.1) is 0 Å². The average molecular weight is 375 g/mol. The summed E-state index contributed by atoms with van der Waals surface area (Å²) in [5, 5.41) is 1.81. The number of anilines is 1. The van der Waals surface area contributed by atoms with Gasteiger partial charge in [0.15, 0.2) is 5.78 Å². The highest BCUT2D eigenvalue weighted by atomic mass is 19.4. The van der Waals surface area contributed by atoms with Crippen molar-refractivity contribution < 1.29 is 27.5 Å². The monoisotopic (exact) mass is 375 g/mol. The molecule has 0 saturated heterocycles. The Morgan fingerprint density at radius 3 is 2.63 bits per heavy atom. The third kappa shape index (κ3) is 4.19. The molecule has 7 heteroatoms. The molecule has 4 nitrogen and oxygen atoms in total. The maximum Gasteiger partial charge on any atom is 0.471 e. The number of Topliss-reactive ketones (excluding diaryl/α,β-unsaturated/α-hetero) is 1. The number of benzene rings is 2. The van der Waals surface area contributed by atoms with Gasteiger partial charge in [-0.2, -0.15) is 13.2 Å². The standard InChI is InChI=1S/C20H16F3NO3/c1-27-16-7-8-17-13(11-16)5-6-14(18(17)25)9-12-3-2-4-15(10-12)24-19(26)20(21,22)23/h2-4,7-11H,5-6H2,1H3,(H,24,26)/b14-9-. The van der Waals surface area contributed by atoms with Gasteiger partial charge in [-0.1, -0.05) is 12.1 Å². The number of allylic oxidation sites excluding steroid dienone is 1. The summed E-state index contributed by atoms with van der Waals surface area (Å²) in [6.07, 6.45) is -2.15. The number of ketones is 1. The van der Waals surface area contributed by atoms with Crippen LogP contribution in [0.5, 0.6) is 5.75 Å². The molecule has 1 aliphatic carbocycles. The maximum atomic E-state index is 12.7. The summed E-state index contributed by atoms with van der Waals surface area (Å²) in [4.78, 5) is 23.7. The number of carbonyl (C=O) groups is 2. The van der Waals surface area contributed by atoms with E-state index in [-0.39, 0.29) is 11.5 Å². The molecule has 3 rings (SSSR count). The van der Waals surface area contributed by atoms with Gasteiger partial charge in [0, 0.05) is 16.8 Å². The molecule has 0 atom stereocenters. The molecule has 0 aromatic heterocycles. The Balaban J connectivity index is 1.84. The topological polar surface area (TPSA) is 55.4 Å². The van der Waals surface area contributed by atoms with Crippen molar-refractivity contribution in [3.63, 3.8) is 0 Å². The highest BCUT2D eigenvalue weighted by Gasteiger charge is 2.38. The molecule has 2 aromatic rings. The summed E-state index contributed by atoms with van der Waals surface area (Å²) in [5.41, 5.74) is 2.61. The lowest BCUT2D eigenvalue weighted by molar-refractivity contribution is -0.167. The number of ether oxygens (including phenoxy) is 1. The van der Waals surface area contributed by atoms with E-state index in [2.05, 4.69) is 0 Å². The van der Waals surface area contributed by atoms with Crippen LogP contribution in [0.25, 0.3) is 6.08 Å². The van der Waals surface area contributed by atoms with E-state index < -0.39 is 12.1 Å². The van der Waals surface area contributed by atoms with Gasteiger partial charge in [-0.25, -0.2) is 0 Å². The van der Waals surface area contributed by atoms with Crippen molar-refractivity contribution >= 4 is 23.5 Å². The Morgan fingerprint density at radius 2 is 1.93 bits per heavy atom. The molecule has 1 aliphatic rings. The van der Waals surface area contributed by atoms with Gasteiger partial charge in [0.25, 0.3) is 0 Å². The van der Waals surface area contributed by atoms with Crippen LogP contribution in [0.15, 0.2) is 48.0 Å². The van der Waals surface area contributed by atoms with E-state index in [0.29, 0.717) is 35.3 Å². The number of carbonyl (C=O) groups excluding carboxylic acids is 2. The fourth-order valence-electron chi connectivity index (χ4n) is 2.93. The molecular weight excluding hydrogens is 359 g/mol. The molecule has 0 fully saturated rings. The van der Waals surface area contributed by atoms with Crippen LogP contribution in [-0.4, -0.2) is 25.0 Å². The molecule has 0 unspecified atom stereocenters. The number of aryl methyl sites for hydroxylation is 1. The summed E-state index contributed by atoms with van der Waals surface area (Å²) in [7, 11) is 1.56. The van der Waals surface area contributed by atoms with Crippen LogP contribution in [0, 0.1) is 0 Å². The largest absolute Gasteiger partial charge is 0.497 e. The number of rotatable bonds is 3. The molecule has 2 aromatic carbocycles. The van der Waals surface area contributed by atoms with Crippen molar-refractivity contribution in [1.82, 2.24) is 0 Å². The Labute approximate surface area is 153 Å². The highest BCUT2D eigenvalue weighted by Crippen LogP contribution is 2.30. The fraction of sp³-hybridized carbons (Fsp3) is 0.200. The summed E-state index contributed by atoms with van der Waals surface area (Å²) in [6, 6.07) is 11.2. The lowest BCUT2D eigenvalue weighted by Gasteiger charge is -2.18. The first-order valence-electron chi connectivity index (χ1n) is 8.18. The molecule has 1 amide bonds. The normalized spacial score (nSPS) is 15.4. The first-order chi connectivity index (χ1) is 12.8. The summed E-state index contributed by atoms with van der Waals surface area (Å²) < 4.78 is 42.3. The zero-order chi connectivity index (χ0) is 19.6. The van der Waals surface area contributed by atoms with Gasteiger partial charge < -0.3 is 10.1 Å². The van der Waals surface area contributed by atoms with Crippen LogP contribution in [0.1, 0.15) is 27.9 Å². The van der Waals surface area contributed by atoms with E-state index in [0.717, 1.165) is 5.56 Å². The van der Waals surface area contributed by atoms with Crippen molar-refractivity contribution in [2.75, 3.05) is 12.4 Å². The fourth-order valence-corrected chi connectivity index (χ4v) is 2.93. The molecule has 27 heavy (non-hydrogen) atoms. The SMILES string of the molecule is COc1ccc2c(c1)CC/C(=C/c1cccc(NC(=O)C(F)(F)F)c1)C2=O. The first-order valence-corrected chi connectivity index (χ1v) is 8.18. The van der Waals surface area contributed by atoms with E-state index in [9.17, 15) is 22.8 Å². The maximum absolute atomic E-state index is 12.7. The lowest BCUT2D eigenvalue weighted by Crippen LogP contribution is -2.29. The molecule has 0 aliphatic heterocycles. The highest BCUT2D eigenvalue weighted by molar-refractivity contribution is 6.13. The smallest absolute Gasteiger partial charge is 0.471 e. The molecule has 0 heterocycles. The van der Waals surface area contributed by atoms with Crippen molar-refractivity contribution in [2.45, 2.75) is 19.0 Å². The molecule has 140 valence electrons. The number of halogens is 3. The summed E-state index contributed by atoms with van der Waals surface area (Å²) >= 11 is 0. The third-order valence-corrected chi connectivity index (χ3v) is 4.26. The van der Waals surface area contributed by atoms with Crippen molar-refractivity contribution in [2.24, 2.45) is 0 Å². The number of amides is 1. The number of fused-ring (bicyclic) bond motifs is 1. The van der Waals surface area contributed by atoms with E-state index in [1.54, 1.807) is 31.4 Å². The molecule has 1 N–H and O–H groups in total. The van der Waals surface area contributed by atoms with E-state index in [1.807, 2.05) is 11.4 Å². The molecule has 0 radical (unpaired) electrons. The zero-order valence-electron chi connectivity index (χ0n) is 14.4. The molecule has 0 bridgehead atoms. The van der Waals surface area contributed by atoms with Crippen LogP contribution < -0.4 is 10.1 Å². The number of nitrogens with one attached hydrogen (secondary N) is 1. The lowest BCUT2D eigenvalue weighted by atomic mass is 9.86. The minimum atomic E-state index is -4.96. The average Bonchev–Trinajstić information content (AvgIpc) is 2.63. The van der Waals surface area contributed by atoms with Gasteiger partial charge in [0.1, 0.15) is 5.75 Å². The summed E-state index contributed by atoms with van der Waals surface area (Å²) in [5.74, 6) is -1.48. The second-order valence-electron chi connectivity index (χ2n) is 6.10. The van der Waals surface area contributed by atoms with Crippen LogP contribution in [-0.2, 0) is 11.2 Å². The Morgan fingerprint density at radius 1 is 1.15 bits per heavy atom. The quantitative estimate of drug-likeness (QED) is 0.809.